The number of carbonyl (C=O) groups is 1. The fraction of sp³-hybridized carbons (Fsp3) is 0.385. The zero-order chi connectivity index (χ0) is 24.4. The number of ether oxygens (including phenoxy) is 2. The Morgan fingerprint density at radius 1 is 1.23 bits per heavy atom. The number of H-pyrrole nitrogens is 1. The number of fused-ring (bicyclic) bond motifs is 1. The summed E-state index contributed by atoms with van der Waals surface area (Å²) in [6.45, 7) is 5.24. The fourth-order valence-corrected chi connectivity index (χ4v) is 5.21. The Bertz CT molecular complexity index is 1310. The molecule has 3 aromatic rings. The van der Waals surface area contributed by atoms with Gasteiger partial charge in [0.1, 0.15) is 23.5 Å². The van der Waals surface area contributed by atoms with Crippen molar-refractivity contribution in [1.82, 2.24) is 25.1 Å². The van der Waals surface area contributed by atoms with Crippen LogP contribution >= 0.6 is 0 Å². The van der Waals surface area contributed by atoms with Gasteiger partial charge in [-0.1, -0.05) is 12.5 Å². The van der Waals surface area contributed by atoms with E-state index in [4.69, 9.17) is 9.47 Å². The molecule has 0 radical (unpaired) electrons. The van der Waals surface area contributed by atoms with E-state index in [0.717, 1.165) is 49.7 Å². The highest BCUT2D eigenvalue weighted by Gasteiger charge is 2.47. The van der Waals surface area contributed by atoms with E-state index in [0.29, 0.717) is 28.7 Å². The van der Waals surface area contributed by atoms with E-state index in [9.17, 15) is 4.79 Å². The summed E-state index contributed by atoms with van der Waals surface area (Å²) >= 11 is 0. The second kappa shape index (κ2) is 9.29. The average molecular weight is 473 g/mol. The van der Waals surface area contributed by atoms with E-state index in [-0.39, 0.29) is 17.4 Å². The summed E-state index contributed by atoms with van der Waals surface area (Å²) in [5.74, 6) is 8.37. The van der Waals surface area contributed by atoms with Crippen molar-refractivity contribution in [2.75, 3.05) is 32.6 Å². The number of nitrogens with one attached hydrogen (secondary N) is 2. The second-order valence-corrected chi connectivity index (χ2v) is 9.19. The summed E-state index contributed by atoms with van der Waals surface area (Å²) in [5, 5.41) is 11.8. The highest BCUT2D eigenvalue weighted by atomic mass is 16.5. The van der Waals surface area contributed by atoms with Crippen LogP contribution in [0.5, 0.6) is 11.5 Å². The third kappa shape index (κ3) is 4.52. The minimum atomic E-state index is 0.0211. The highest BCUT2D eigenvalue weighted by molar-refractivity contribution is 5.91. The van der Waals surface area contributed by atoms with Crippen molar-refractivity contribution < 1.29 is 14.3 Å². The first-order valence-corrected chi connectivity index (χ1v) is 11.6. The van der Waals surface area contributed by atoms with Crippen molar-refractivity contribution in [2.45, 2.75) is 31.7 Å². The van der Waals surface area contributed by atoms with Crippen molar-refractivity contribution in [3.05, 3.63) is 48.4 Å². The predicted molar refractivity (Wildman–Crippen MR) is 132 cm³/mol. The van der Waals surface area contributed by atoms with Crippen LogP contribution < -0.4 is 14.8 Å². The molecule has 1 spiro atoms. The van der Waals surface area contributed by atoms with Crippen LogP contribution in [0.25, 0.3) is 11.0 Å². The van der Waals surface area contributed by atoms with E-state index in [1.165, 1.54) is 12.4 Å². The molecular formula is C26H28N6O3. The van der Waals surface area contributed by atoms with Crippen molar-refractivity contribution in [1.29, 1.82) is 0 Å². The van der Waals surface area contributed by atoms with Crippen molar-refractivity contribution >= 4 is 22.8 Å². The monoisotopic (exact) mass is 472 g/mol. The molecular weight excluding hydrogens is 444 g/mol. The maximum absolute atomic E-state index is 12.1. The van der Waals surface area contributed by atoms with E-state index >= 15 is 0 Å². The Hall–Kier alpha value is -4.06. The number of aromatic nitrogens is 4. The number of benzene rings is 1. The van der Waals surface area contributed by atoms with Gasteiger partial charge in [-0.05, 0) is 55.2 Å². The average Bonchev–Trinajstić information content (AvgIpc) is 3.29. The number of hydrogen-bond donors (Lipinski definition) is 2. The standard InChI is InChI=1S/C26H28N6O3/c1-4-22(33)32-9-5-8-26(15-32)13-18(14-26)29-25-23-21(27-16-28-24(23)30-31-25)7-6-17-10-19(34-2)12-20(11-17)35-3/h4,10-12,16,18H,1,5,8-9,13-15H2,2-3H3,(H2,27,28,29,30,31). The van der Waals surface area contributed by atoms with Gasteiger partial charge in [0.05, 0.1) is 19.6 Å². The molecule has 1 saturated carbocycles. The van der Waals surface area contributed by atoms with Gasteiger partial charge in [-0.15, -0.1) is 0 Å². The van der Waals surface area contributed by atoms with Crippen molar-refractivity contribution in [2.24, 2.45) is 5.41 Å². The Morgan fingerprint density at radius 2 is 2.00 bits per heavy atom. The van der Waals surface area contributed by atoms with Crippen LogP contribution in [0.1, 0.15) is 36.9 Å². The summed E-state index contributed by atoms with van der Waals surface area (Å²) in [6, 6.07) is 5.77. The first-order chi connectivity index (χ1) is 17.0. The Morgan fingerprint density at radius 3 is 2.71 bits per heavy atom. The van der Waals surface area contributed by atoms with Crippen LogP contribution in [-0.2, 0) is 4.79 Å². The molecule has 1 aliphatic carbocycles. The van der Waals surface area contributed by atoms with Crippen molar-refractivity contribution in [3.8, 4) is 23.3 Å². The zero-order valence-corrected chi connectivity index (χ0v) is 19.9. The maximum atomic E-state index is 12.1. The maximum Gasteiger partial charge on any atom is 0.245 e. The lowest BCUT2D eigenvalue weighted by atomic mass is 9.61. The van der Waals surface area contributed by atoms with E-state index in [2.05, 4.69) is 43.9 Å². The molecule has 9 nitrogen and oxygen atoms in total. The molecule has 2 aliphatic rings. The molecule has 35 heavy (non-hydrogen) atoms. The highest BCUT2D eigenvalue weighted by Crippen LogP contribution is 2.48. The molecule has 2 N–H and O–H groups in total. The van der Waals surface area contributed by atoms with E-state index in [1.807, 2.05) is 17.0 Å². The van der Waals surface area contributed by atoms with Gasteiger partial charge in [0.2, 0.25) is 5.91 Å². The number of nitrogens with zero attached hydrogens (tertiary/aromatic N) is 4. The fourth-order valence-electron chi connectivity index (χ4n) is 5.21. The molecule has 1 amide bonds. The number of carbonyl (C=O) groups excluding carboxylic acids is 1. The number of rotatable bonds is 5. The van der Waals surface area contributed by atoms with Crippen LogP contribution in [0.4, 0.5) is 5.82 Å². The number of hydrogen-bond acceptors (Lipinski definition) is 7. The SMILES string of the molecule is C=CC(=O)N1CCCC2(CC(Nc3n[nH]c4ncnc(C#Cc5cc(OC)cc(OC)c5)c34)C2)C1. The quantitative estimate of drug-likeness (QED) is 0.434. The summed E-state index contributed by atoms with van der Waals surface area (Å²) in [6.07, 6.45) is 7.03. The van der Waals surface area contributed by atoms with Gasteiger partial charge >= 0.3 is 0 Å². The summed E-state index contributed by atoms with van der Waals surface area (Å²) in [7, 11) is 3.21. The zero-order valence-electron chi connectivity index (χ0n) is 19.9. The normalized spacial score (nSPS) is 21.1. The third-order valence-electron chi connectivity index (χ3n) is 6.88. The number of anilines is 1. The van der Waals surface area contributed by atoms with Gasteiger partial charge in [-0.25, -0.2) is 9.97 Å². The number of likely N-dealkylation sites (tertiary alicyclic amines) is 1. The number of methoxy groups -OCH3 is 2. The summed E-state index contributed by atoms with van der Waals surface area (Å²) in [5.41, 5.74) is 2.14. The molecule has 5 rings (SSSR count). The largest absolute Gasteiger partial charge is 0.497 e. The molecule has 0 unspecified atom stereocenters. The number of amides is 1. The summed E-state index contributed by atoms with van der Waals surface area (Å²) < 4.78 is 10.7. The molecule has 180 valence electrons. The van der Waals surface area contributed by atoms with Crippen LogP contribution in [0.15, 0.2) is 37.2 Å². The van der Waals surface area contributed by atoms with Gasteiger partial charge in [0, 0.05) is 30.8 Å². The summed E-state index contributed by atoms with van der Waals surface area (Å²) in [4.78, 5) is 22.7. The molecule has 9 heteroatoms. The smallest absolute Gasteiger partial charge is 0.245 e. The molecule has 1 saturated heterocycles. The topological polar surface area (TPSA) is 105 Å². The van der Waals surface area contributed by atoms with Crippen LogP contribution in [-0.4, -0.2) is 64.3 Å². The lowest BCUT2D eigenvalue weighted by molar-refractivity contribution is -0.131. The molecule has 1 aromatic carbocycles. The first-order valence-electron chi connectivity index (χ1n) is 11.6. The van der Waals surface area contributed by atoms with Crippen LogP contribution in [0, 0.1) is 17.3 Å². The van der Waals surface area contributed by atoms with E-state index in [1.54, 1.807) is 20.3 Å². The number of piperidine rings is 1. The molecule has 1 aliphatic heterocycles. The molecule has 0 bridgehead atoms. The molecule has 2 fully saturated rings. The minimum Gasteiger partial charge on any atom is -0.497 e. The van der Waals surface area contributed by atoms with Gasteiger partial charge in [0.15, 0.2) is 11.5 Å². The van der Waals surface area contributed by atoms with Crippen LogP contribution in [0.3, 0.4) is 0 Å². The predicted octanol–water partition coefficient (Wildman–Crippen LogP) is 3.14. The first kappa shape index (κ1) is 22.7. The molecule has 3 heterocycles. The lowest BCUT2D eigenvalue weighted by Crippen LogP contribution is -2.55. The van der Waals surface area contributed by atoms with Crippen LogP contribution in [0.2, 0.25) is 0 Å². The van der Waals surface area contributed by atoms with Gasteiger partial charge in [-0.3, -0.25) is 9.89 Å². The van der Waals surface area contributed by atoms with Gasteiger partial charge < -0.3 is 19.7 Å². The van der Waals surface area contributed by atoms with E-state index < -0.39 is 0 Å². The molecule has 0 atom stereocenters. The second-order valence-electron chi connectivity index (χ2n) is 9.19. The molecule has 2 aromatic heterocycles. The third-order valence-corrected chi connectivity index (χ3v) is 6.88. The van der Waals surface area contributed by atoms with Crippen molar-refractivity contribution in [3.63, 3.8) is 0 Å². The lowest BCUT2D eigenvalue weighted by Gasteiger charge is -2.53. The Labute approximate surface area is 203 Å². The van der Waals surface area contributed by atoms with Gasteiger partial charge in [0.25, 0.3) is 0 Å². The minimum absolute atomic E-state index is 0.0211. The Balaban J connectivity index is 1.35. The van der Waals surface area contributed by atoms with Gasteiger partial charge in [-0.2, -0.15) is 5.10 Å². The number of aromatic amines is 1. The Kier molecular flexibility index (Phi) is 6.03.